The quantitative estimate of drug-likeness (QED) is 0.625. The average Bonchev–Trinajstić information content (AvgIpc) is 2.25. The van der Waals surface area contributed by atoms with Crippen molar-refractivity contribution in [2.75, 3.05) is 0 Å². The molecule has 0 radical (unpaired) electrons. The smallest absolute Gasteiger partial charge is 0.178 e. The van der Waals surface area contributed by atoms with E-state index in [9.17, 15) is 4.79 Å². The summed E-state index contributed by atoms with van der Waals surface area (Å²) in [6.07, 6.45) is 15.4. The number of rotatable bonds is 0. The van der Waals surface area contributed by atoms with Gasteiger partial charge >= 0.3 is 0 Å². The number of hydrogen-bond acceptors (Lipinski definition) is 2. The normalized spacial score (nSPS) is 36.4. The monoisotopic (exact) mass is 218 g/mol. The van der Waals surface area contributed by atoms with Crippen LogP contribution in [0.3, 0.4) is 0 Å². The standard InChI is InChI=1S/C14H18O2/c15-11-7-9-14(10-8-11)12-5-3-1-2-4-6-13(12)16-14/h7-10,12-13H,1-6H2. The lowest BCUT2D eigenvalue weighted by Crippen LogP contribution is -2.58. The molecule has 0 bridgehead atoms. The van der Waals surface area contributed by atoms with Gasteiger partial charge in [0.2, 0.25) is 0 Å². The minimum Gasteiger partial charge on any atom is -0.363 e. The molecule has 0 aromatic rings. The molecule has 3 aliphatic rings. The summed E-state index contributed by atoms with van der Waals surface area (Å²) in [6, 6.07) is 0. The van der Waals surface area contributed by atoms with E-state index in [0.29, 0.717) is 12.0 Å². The molecule has 3 rings (SSSR count). The van der Waals surface area contributed by atoms with E-state index in [4.69, 9.17) is 4.74 Å². The van der Waals surface area contributed by atoms with Crippen LogP contribution in [0.15, 0.2) is 24.3 Å². The summed E-state index contributed by atoms with van der Waals surface area (Å²) in [7, 11) is 0. The van der Waals surface area contributed by atoms with Gasteiger partial charge in [-0.1, -0.05) is 25.7 Å². The first kappa shape index (κ1) is 10.3. The van der Waals surface area contributed by atoms with Crippen molar-refractivity contribution in [2.24, 2.45) is 5.92 Å². The van der Waals surface area contributed by atoms with Crippen LogP contribution in [0.1, 0.15) is 38.5 Å². The molecule has 2 nitrogen and oxygen atoms in total. The summed E-state index contributed by atoms with van der Waals surface area (Å²) in [5.74, 6) is 0.692. The van der Waals surface area contributed by atoms with Crippen LogP contribution in [-0.4, -0.2) is 17.5 Å². The number of fused-ring (bicyclic) bond motifs is 2. The fourth-order valence-electron chi connectivity index (χ4n) is 3.25. The first-order valence-corrected chi connectivity index (χ1v) is 6.40. The maximum atomic E-state index is 11.1. The summed E-state index contributed by atoms with van der Waals surface area (Å²) in [4.78, 5) is 11.1. The van der Waals surface area contributed by atoms with Crippen LogP contribution in [0.2, 0.25) is 0 Å². The highest BCUT2D eigenvalue weighted by Crippen LogP contribution is 2.48. The molecule has 2 aliphatic carbocycles. The van der Waals surface area contributed by atoms with Crippen LogP contribution in [0, 0.1) is 5.92 Å². The van der Waals surface area contributed by atoms with Gasteiger partial charge in [-0.25, -0.2) is 0 Å². The molecule has 0 aromatic carbocycles. The second-order valence-electron chi connectivity index (χ2n) is 5.18. The molecular weight excluding hydrogens is 200 g/mol. The van der Waals surface area contributed by atoms with Gasteiger partial charge in [-0.2, -0.15) is 0 Å². The highest BCUT2D eigenvalue weighted by Gasteiger charge is 2.52. The van der Waals surface area contributed by atoms with Crippen molar-refractivity contribution in [3.05, 3.63) is 24.3 Å². The number of ether oxygens (including phenoxy) is 1. The number of ketones is 1. The number of allylic oxidation sites excluding steroid dienone is 2. The molecule has 1 aliphatic heterocycles. The van der Waals surface area contributed by atoms with Crippen molar-refractivity contribution in [3.63, 3.8) is 0 Å². The second-order valence-corrected chi connectivity index (χ2v) is 5.18. The Morgan fingerprint density at radius 1 is 1.06 bits per heavy atom. The Hall–Kier alpha value is -0.890. The van der Waals surface area contributed by atoms with Gasteiger partial charge in [0.05, 0.1) is 6.10 Å². The number of carbonyl (C=O) groups is 1. The van der Waals surface area contributed by atoms with Gasteiger partial charge in [0.1, 0.15) is 5.60 Å². The molecule has 86 valence electrons. The highest BCUT2D eigenvalue weighted by molar-refractivity contribution is 6.00. The molecule has 2 heteroatoms. The largest absolute Gasteiger partial charge is 0.363 e. The second kappa shape index (κ2) is 3.85. The predicted molar refractivity (Wildman–Crippen MR) is 62.1 cm³/mol. The first-order chi connectivity index (χ1) is 7.80. The molecule has 1 saturated heterocycles. The van der Waals surface area contributed by atoms with Crippen LogP contribution in [0.5, 0.6) is 0 Å². The van der Waals surface area contributed by atoms with Crippen molar-refractivity contribution < 1.29 is 9.53 Å². The van der Waals surface area contributed by atoms with Crippen LogP contribution < -0.4 is 0 Å². The molecule has 2 unspecified atom stereocenters. The zero-order valence-electron chi connectivity index (χ0n) is 9.52. The van der Waals surface area contributed by atoms with Crippen molar-refractivity contribution in [1.29, 1.82) is 0 Å². The highest BCUT2D eigenvalue weighted by atomic mass is 16.5. The zero-order chi connectivity index (χ0) is 11.0. The van der Waals surface area contributed by atoms with Gasteiger partial charge in [-0.15, -0.1) is 0 Å². The van der Waals surface area contributed by atoms with Gasteiger partial charge in [0.15, 0.2) is 5.78 Å². The van der Waals surface area contributed by atoms with Crippen molar-refractivity contribution in [2.45, 2.75) is 50.2 Å². The van der Waals surface area contributed by atoms with E-state index in [1.807, 2.05) is 12.2 Å². The molecule has 0 amide bonds. The van der Waals surface area contributed by atoms with Gasteiger partial charge in [-0.05, 0) is 37.1 Å². The predicted octanol–water partition coefficient (Wildman–Crippen LogP) is 2.79. The molecule has 2 fully saturated rings. The van der Waals surface area contributed by atoms with Gasteiger partial charge in [0, 0.05) is 5.92 Å². The van der Waals surface area contributed by atoms with Crippen molar-refractivity contribution in [1.82, 2.24) is 0 Å². The summed E-state index contributed by atoms with van der Waals surface area (Å²) in [5.41, 5.74) is -0.226. The molecule has 16 heavy (non-hydrogen) atoms. The molecule has 1 saturated carbocycles. The average molecular weight is 218 g/mol. The summed E-state index contributed by atoms with van der Waals surface area (Å²) in [5, 5.41) is 0. The summed E-state index contributed by atoms with van der Waals surface area (Å²) in [6.45, 7) is 0. The van der Waals surface area contributed by atoms with Crippen molar-refractivity contribution >= 4 is 5.78 Å². The van der Waals surface area contributed by atoms with E-state index < -0.39 is 0 Å². The number of carbonyl (C=O) groups excluding carboxylic acids is 1. The van der Waals surface area contributed by atoms with Crippen LogP contribution >= 0.6 is 0 Å². The number of hydrogen-bond donors (Lipinski definition) is 0. The Kier molecular flexibility index (Phi) is 2.47. The van der Waals surface area contributed by atoms with E-state index in [1.54, 1.807) is 12.2 Å². The molecule has 1 heterocycles. The third-order valence-electron chi connectivity index (χ3n) is 4.15. The van der Waals surface area contributed by atoms with Crippen LogP contribution in [0.25, 0.3) is 0 Å². The molecule has 0 aromatic heterocycles. The molecule has 2 atom stereocenters. The van der Waals surface area contributed by atoms with E-state index in [-0.39, 0.29) is 11.4 Å². The fraction of sp³-hybridized carbons (Fsp3) is 0.643. The van der Waals surface area contributed by atoms with E-state index in [1.165, 1.54) is 38.5 Å². The zero-order valence-corrected chi connectivity index (χ0v) is 9.52. The summed E-state index contributed by atoms with van der Waals surface area (Å²) < 4.78 is 6.03. The Morgan fingerprint density at radius 3 is 2.50 bits per heavy atom. The van der Waals surface area contributed by atoms with Crippen LogP contribution in [0.4, 0.5) is 0 Å². The molecular formula is C14H18O2. The Morgan fingerprint density at radius 2 is 1.75 bits per heavy atom. The third kappa shape index (κ3) is 1.56. The lowest BCUT2D eigenvalue weighted by atomic mass is 9.70. The minimum atomic E-state index is -0.226. The lowest BCUT2D eigenvalue weighted by Gasteiger charge is -2.54. The summed E-state index contributed by atoms with van der Waals surface area (Å²) >= 11 is 0. The first-order valence-electron chi connectivity index (χ1n) is 6.40. The van der Waals surface area contributed by atoms with Gasteiger partial charge in [0.25, 0.3) is 0 Å². The van der Waals surface area contributed by atoms with Gasteiger partial charge in [-0.3, -0.25) is 4.79 Å². The Bertz CT molecular complexity index is 338. The van der Waals surface area contributed by atoms with Crippen molar-refractivity contribution in [3.8, 4) is 0 Å². The Balaban J connectivity index is 1.77. The van der Waals surface area contributed by atoms with Gasteiger partial charge < -0.3 is 4.74 Å². The van der Waals surface area contributed by atoms with E-state index >= 15 is 0 Å². The molecule has 1 spiro atoms. The minimum absolute atomic E-state index is 0.0866. The topological polar surface area (TPSA) is 26.3 Å². The van der Waals surface area contributed by atoms with E-state index in [0.717, 1.165) is 0 Å². The lowest BCUT2D eigenvalue weighted by molar-refractivity contribution is -0.215. The SMILES string of the molecule is O=C1C=CC2(C=C1)OC1CCCCCCC12. The third-order valence-corrected chi connectivity index (χ3v) is 4.15. The molecule has 0 N–H and O–H groups in total. The fourth-order valence-corrected chi connectivity index (χ4v) is 3.25. The van der Waals surface area contributed by atoms with Crippen LogP contribution in [-0.2, 0) is 9.53 Å². The maximum absolute atomic E-state index is 11.1. The van der Waals surface area contributed by atoms with E-state index in [2.05, 4.69) is 0 Å². The maximum Gasteiger partial charge on any atom is 0.178 e. The Labute approximate surface area is 96.4 Å².